The van der Waals surface area contributed by atoms with Crippen LogP contribution >= 0.6 is 12.4 Å². The molecule has 0 atom stereocenters. The molecule has 0 aliphatic carbocycles. The van der Waals surface area contributed by atoms with E-state index < -0.39 is 15.6 Å². The Balaban J connectivity index is 0.00000529. The van der Waals surface area contributed by atoms with E-state index in [4.69, 9.17) is 5.73 Å². The van der Waals surface area contributed by atoms with Gasteiger partial charge in [0.1, 0.15) is 0 Å². The fourth-order valence-corrected chi connectivity index (χ4v) is 3.36. The highest BCUT2D eigenvalue weighted by Crippen LogP contribution is 2.17. The predicted octanol–water partition coefficient (Wildman–Crippen LogP) is 2.00. The number of nitrogens with two attached hydrogens (primary N) is 1. The molecule has 0 aliphatic rings. The minimum Gasteiger partial charge on any atom is -0.342 e. The van der Waals surface area contributed by atoms with Crippen LogP contribution < -0.4 is 10.5 Å². The van der Waals surface area contributed by atoms with Crippen LogP contribution in [-0.2, 0) is 10.0 Å². The molecule has 0 saturated heterocycles. The van der Waals surface area contributed by atoms with E-state index >= 15 is 0 Å². The van der Waals surface area contributed by atoms with Crippen LogP contribution in [-0.4, -0.2) is 44.9 Å². The number of halogens is 1. The minimum atomic E-state index is -3.80. The summed E-state index contributed by atoms with van der Waals surface area (Å²) < 4.78 is 27.5. The quantitative estimate of drug-likeness (QED) is 0.724. The first kappa shape index (κ1) is 22.9. The second-order valence-corrected chi connectivity index (χ2v) is 8.12. The number of hydrogen-bond donors (Lipinski definition) is 2. The highest BCUT2D eigenvalue weighted by Gasteiger charge is 2.25. The molecular weight excluding hydrogens is 350 g/mol. The number of unbranched alkanes of at least 4 members (excludes halogenated alkanes) is 1. The van der Waals surface area contributed by atoms with Gasteiger partial charge in [-0.15, -0.1) is 12.4 Å². The van der Waals surface area contributed by atoms with Crippen molar-refractivity contribution in [3.63, 3.8) is 0 Å². The topological polar surface area (TPSA) is 92.5 Å². The first-order chi connectivity index (χ1) is 10.6. The summed E-state index contributed by atoms with van der Waals surface area (Å²) in [4.78, 5) is 14.1. The molecule has 0 spiro atoms. The number of hydrogen-bond acceptors (Lipinski definition) is 4. The zero-order valence-corrected chi connectivity index (χ0v) is 16.3. The van der Waals surface area contributed by atoms with E-state index in [-0.39, 0.29) is 35.3 Å². The summed E-state index contributed by atoms with van der Waals surface area (Å²) in [5.74, 6) is -0.300. The van der Waals surface area contributed by atoms with Crippen LogP contribution in [0.15, 0.2) is 29.2 Å². The van der Waals surface area contributed by atoms with E-state index in [1.54, 1.807) is 37.9 Å². The molecule has 6 nitrogen and oxygen atoms in total. The molecule has 0 aliphatic heterocycles. The van der Waals surface area contributed by atoms with Crippen LogP contribution in [0.5, 0.6) is 0 Å². The average Bonchev–Trinajstić information content (AvgIpc) is 2.49. The molecule has 0 bridgehead atoms. The summed E-state index contributed by atoms with van der Waals surface area (Å²) in [6.07, 6.45) is 1.83. The zero-order valence-electron chi connectivity index (χ0n) is 14.7. The fraction of sp³-hybridized carbons (Fsp3) is 0.562. The van der Waals surface area contributed by atoms with E-state index in [0.717, 1.165) is 12.8 Å². The first-order valence-electron chi connectivity index (χ1n) is 7.71. The first-order valence-corrected chi connectivity index (χ1v) is 9.20. The lowest BCUT2D eigenvalue weighted by molar-refractivity contribution is 0.0789. The average molecular weight is 378 g/mol. The SMILES string of the molecule is CCCCN(C)C(=O)c1ccccc1S(=O)(=O)NCC(C)(C)N.Cl. The highest BCUT2D eigenvalue weighted by atomic mass is 35.5. The minimum absolute atomic E-state index is 0. The van der Waals surface area contributed by atoms with Crippen molar-refractivity contribution >= 4 is 28.3 Å². The Hall–Kier alpha value is -1.15. The van der Waals surface area contributed by atoms with Crippen LogP contribution in [0.4, 0.5) is 0 Å². The Labute approximate surface area is 151 Å². The number of nitrogens with zero attached hydrogens (tertiary/aromatic N) is 1. The van der Waals surface area contributed by atoms with Gasteiger partial charge in [-0.2, -0.15) is 0 Å². The van der Waals surface area contributed by atoms with Gasteiger partial charge in [0.25, 0.3) is 5.91 Å². The molecule has 0 radical (unpaired) electrons. The molecule has 1 rings (SSSR count). The largest absolute Gasteiger partial charge is 0.342 e. The molecule has 0 aromatic heterocycles. The lowest BCUT2D eigenvalue weighted by Gasteiger charge is -2.21. The Morgan fingerprint density at radius 2 is 1.88 bits per heavy atom. The molecule has 0 unspecified atom stereocenters. The molecular formula is C16H28ClN3O3S. The van der Waals surface area contributed by atoms with E-state index in [9.17, 15) is 13.2 Å². The van der Waals surface area contributed by atoms with Gasteiger partial charge >= 0.3 is 0 Å². The number of benzene rings is 1. The van der Waals surface area contributed by atoms with Gasteiger partial charge in [0.05, 0.1) is 10.5 Å². The van der Waals surface area contributed by atoms with Gasteiger partial charge in [-0.05, 0) is 32.4 Å². The van der Waals surface area contributed by atoms with Gasteiger partial charge in [0.15, 0.2) is 0 Å². The summed E-state index contributed by atoms with van der Waals surface area (Å²) in [7, 11) is -2.12. The molecule has 0 heterocycles. The second-order valence-electron chi connectivity index (χ2n) is 6.39. The number of sulfonamides is 1. The Morgan fingerprint density at radius 3 is 2.42 bits per heavy atom. The van der Waals surface area contributed by atoms with Gasteiger partial charge < -0.3 is 10.6 Å². The van der Waals surface area contributed by atoms with Gasteiger partial charge in [-0.3, -0.25) is 4.79 Å². The lowest BCUT2D eigenvalue weighted by Crippen LogP contribution is -2.45. The smallest absolute Gasteiger partial charge is 0.254 e. The van der Waals surface area contributed by atoms with E-state index in [1.807, 2.05) is 6.92 Å². The summed E-state index contributed by atoms with van der Waals surface area (Å²) in [6.45, 7) is 6.17. The van der Waals surface area contributed by atoms with Crippen molar-refractivity contribution in [3.05, 3.63) is 29.8 Å². The Kier molecular flexibility index (Phi) is 8.91. The van der Waals surface area contributed by atoms with Crippen molar-refractivity contribution in [2.24, 2.45) is 5.73 Å². The predicted molar refractivity (Wildman–Crippen MR) is 99.0 cm³/mol. The van der Waals surface area contributed by atoms with Crippen molar-refractivity contribution in [3.8, 4) is 0 Å². The van der Waals surface area contributed by atoms with E-state index in [1.165, 1.54) is 12.1 Å². The molecule has 1 aromatic carbocycles. The number of carbonyl (C=O) groups is 1. The van der Waals surface area contributed by atoms with Crippen LogP contribution in [0, 0.1) is 0 Å². The molecule has 0 fully saturated rings. The third-order valence-electron chi connectivity index (χ3n) is 3.32. The summed E-state index contributed by atoms with van der Waals surface area (Å²) in [5, 5.41) is 0. The van der Waals surface area contributed by atoms with Crippen molar-refractivity contribution < 1.29 is 13.2 Å². The number of carbonyl (C=O) groups excluding carboxylic acids is 1. The van der Waals surface area contributed by atoms with Gasteiger partial charge in [0, 0.05) is 25.7 Å². The van der Waals surface area contributed by atoms with E-state index in [0.29, 0.717) is 6.54 Å². The molecule has 8 heteroatoms. The van der Waals surface area contributed by atoms with Crippen molar-refractivity contribution in [1.82, 2.24) is 9.62 Å². The van der Waals surface area contributed by atoms with E-state index in [2.05, 4.69) is 4.72 Å². The van der Waals surface area contributed by atoms with Crippen molar-refractivity contribution in [2.75, 3.05) is 20.1 Å². The third kappa shape index (κ3) is 6.76. The fourth-order valence-electron chi connectivity index (χ4n) is 1.94. The highest BCUT2D eigenvalue weighted by molar-refractivity contribution is 7.89. The maximum atomic E-state index is 12.5. The summed E-state index contributed by atoms with van der Waals surface area (Å²) in [6, 6.07) is 6.23. The van der Waals surface area contributed by atoms with Gasteiger partial charge in [-0.25, -0.2) is 13.1 Å². The molecule has 1 aromatic rings. The van der Waals surface area contributed by atoms with Gasteiger partial charge in [-0.1, -0.05) is 25.5 Å². The molecule has 0 saturated carbocycles. The van der Waals surface area contributed by atoms with Crippen molar-refractivity contribution in [2.45, 2.75) is 44.0 Å². The molecule has 138 valence electrons. The van der Waals surface area contributed by atoms with Crippen LogP contribution in [0.1, 0.15) is 44.0 Å². The van der Waals surface area contributed by atoms with Gasteiger partial charge in [0.2, 0.25) is 10.0 Å². The molecule has 3 N–H and O–H groups in total. The van der Waals surface area contributed by atoms with Crippen molar-refractivity contribution in [1.29, 1.82) is 0 Å². The Bertz CT molecular complexity index is 642. The molecule has 1 amide bonds. The zero-order chi connectivity index (χ0) is 17.7. The Morgan fingerprint density at radius 1 is 1.29 bits per heavy atom. The summed E-state index contributed by atoms with van der Waals surface area (Å²) >= 11 is 0. The number of nitrogens with one attached hydrogen (secondary N) is 1. The third-order valence-corrected chi connectivity index (χ3v) is 4.78. The number of amides is 1. The normalized spacial score (nSPS) is 11.7. The number of rotatable bonds is 8. The maximum Gasteiger partial charge on any atom is 0.254 e. The van der Waals surface area contributed by atoms with Crippen LogP contribution in [0.3, 0.4) is 0 Å². The van der Waals surface area contributed by atoms with Crippen LogP contribution in [0.25, 0.3) is 0 Å². The summed E-state index contributed by atoms with van der Waals surface area (Å²) in [5.41, 5.74) is 5.32. The van der Waals surface area contributed by atoms with Crippen LogP contribution in [0.2, 0.25) is 0 Å². The standard InChI is InChI=1S/C16H27N3O3S.ClH/c1-5-6-11-19(4)15(20)13-9-7-8-10-14(13)23(21,22)18-12-16(2,3)17;/h7-10,18H,5-6,11-12,17H2,1-4H3;1H. The maximum absolute atomic E-state index is 12.5. The monoisotopic (exact) mass is 377 g/mol. The lowest BCUT2D eigenvalue weighted by atomic mass is 10.1. The molecule has 24 heavy (non-hydrogen) atoms. The second kappa shape index (κ2) is 9.36.